The van der Waals surface area contributed by atoms with Crippen LogP contribution in [0.1, 0.15) is 19.3 Å². The van der Waals surface area contributed by atoms with Crippen LogP contribution in [-0.4, -0.2) is 38.9 Å². The van der Waals surface area contributed by atoms with Crippen molar-refractivity contribution < 1.29 is 17.6 Å². The van der Waals surface area contributed by atoms with Gasteiger partial charge in [-0.25, -0.2) is 17.5 Å². The summed E-state index contributed by atoms with van der Waals surface area (Å²) < 4.78 is 39.7. The lowest BCUT2D eigenvalue weighted by Gasteiger charge is -2.15. The quantitative estimate of drug-likeness (QED) is 0.782. The Hall–Kier alpha value is -1.67. The Morgan fingerprint density at radius 1 is 1.33 bits per heavy atom. The van der Waals surface area contributed by atoms with Crippen molar-refractivity contribution in [2.45, 2.75) is 24.2 Å². The number of hydrogen-bond donors (Lipinski definition) is 2. The van der Waals surface area contributed by atoms with Gasteiger partial charge in [0.05, 0.1) is 0 Å². The van der Waals surface area contributed by atoms with Crippen LogP contribution >= 0.6 is 0 Å². The highest BCUT2D eigenvalue weighted by Gasteiger charge is 2.21. The van der Waals surface area contributed by atoms with Gasteiger partial charge in [-0.05, 0) is 31.0 Å². The van der Waals surface area contributed by atoms with E-state index in [1.54, 1.807) is 4.90 Å². The standard InChI is InChI=1S/C13H18FN3O3S/c14-11-9-10(15)3-4-12(11)21(19,20)16-6-5-13(18)17-7-1-2-8-17/h3-4,9,16H,1-2,5-8,15H2. The summed E-state index contributed by atoms with van der Waals surface area (Å²) in [5.74, 6) is -0.999. The molecule has 1 aliphatic heterocycles. The third kappa shape index (κ3) is 3.92. The summed E-state index contributed by atoms with van der Waals surface area (Å²) in [6.07, 6.45) is 2.03. The molecule has 1 amide bonds. The number of halogens is 1. The Morgan fingerprint density at radius 2 is 2.00 bits per heavy atom. The van der Waals surface area contributed by atoms with Gasteiger partial charge in [0.2, 0.25) is 15.9 Å². The molecule has 1 saturated heterocycles. The SMILES string of the molecule is Nc1ccc(S(=O)(=O)NCCC(=O)N2CCCC2)c(F)c1. The number of carbonyl (C=O) groups excluding carboxylic acids is 1. The van der Waals surface area contributed by atoms with E-state index in [2.05, 4.69) is 4.72 Å². The summed E-state index contributed by atoms with van der Waals surface area (Å²) in [4.78, 5) is 13.0. The van der Waals surface area contributed by atoms with E-state index in [0.29, 0.717) is 0 Å². The predicted octanol–water partition coefficient (Wildman–Crippen LogP) is 0.699. The molecule has 0 saturated carbocycles. The summed E-state index contributed by atoms with van der Waals surface area (Å²) in [7, 11) is -3.98. The van der Waals surface area contributed by atoms with Gasteiger partial charge in [0, 0.05) is 31.7 Å². The molecule has 1 fully saturated rings. The second kappa shape index (κ2) is 6.40. The van der Waals surface area contributed by atoms with Gasteiger partial charge in [-0.1, -0.05) is 0 Å². The number of hydrogen-bond acceptors (Lipinski definition) is 4. The second-order valence-electron chi connectivity index (χ2n) is 4.93. The average molecular weight is 315 g/mol. The second-order valence-corrected chi connectivity index (χ2v) is 6.66. The maximum atomic E-state index is 13.6. The van der Waals surface area contributed by atoms with Crippen molar-refractivity contribution in [1.82, 2.24) is 9.62 Å². The molecule has 2 rings (SSSR count). The number of benzene rings is 1. The highest BCUT2D eigenvalue weighted by molar-refractivity contribution is 7.89. The normalized spacial score (nSPS) is 15.4. The van der Waals surface area contributed by atoms with Gasteiger partial charge >= 0.3 is 0 Å². The Balaban J connectivity index is 1.93. The molecule has 1 aromatic rings. The van der Waals surface area contributed by atoms with Crippen LogP contribution in [0.4, 0.5) is 10.1 Å². The lowest BCUT2D eigenvalue weighted by molar-refractivity contribution is -0.129. The molecule has 0 spiro atoms. The zero-order valence-electron chi connectivity index (χ0n) is 11.5. The highest BCUT2D eigenvalue weighted by atomic mass is 32.2. The fraction of sp³-hybridized carbons (Fsp3) is 0.462. The van der Waals surface area contributed by atoms with Crippen LogP contribution in [0.5, 0.6) is 0 Å². The maximum absolute atomic E-state index is 13.6. The van der Waals surface area contributed by atoms with E-state index in [1.165, 1.54) is 6.07 Å². The monoisotopic (exact) mass is 315 g/mol. The van der Waals surface area contributed by atoms with Crippen LogP contribution in [0.25, 0.3) is 0 Å². The number of anilines is 1. The van der Waals surface area contributed by atoms with Crippen molar-refractivity contribution in [1.29, 1.82) is 0 Å². The van der Waals surface area contributed by atoms with E-state index in [4.69, 9.17) is 5.73 Å². The molecule has 8 heteroatoms. The molecule has 0 atom stereocenters. The molecule has 1 aliphatic rings. The molecule has 21 heavy (non-hydrogen) atoms. The van der Waals surface area contributed by atoms with Gasteiger partial charge in [0.15, 0.2) is 0 Å². The summed E-state index contributed by atoms with van der Waals surface area (Å²) >= 11 is 0. The first-order valence-corrected chi connectivity index (χ1v) is 8.21. The Kier molecular flexibility index (Phi) is 4.79. The van der Waals surface area contributed by atoms with Crippen molar-refractivity contribution in [2.24, 2.45) is 0 Å². The average Bonchev–Trinajstić information content (AvgIpc) is 2.91. The molecule has 0 aromatic heterocycles. The Labute approximate surface area is 123 Å². The molecule has 0 bridgehead atoms. The van der Waals surface area contributed by atoms with Crippen LogP contribution < -0.4 is 10.5 Å². The molecule has 1 aromatic carbocycles. The van der Waals surface area contributed by atoms with Crippen LogP contribution in [-0.2, 0) is 14.8 Å². The Morgan fingerprint density at radius 3 is 2.62 bits per heavy atom. The fourth-order valence-electron chi connectivity index (χ4n) is 2.23. The van der Waals surface area contributed by atoms with E-state index in [1.807, 2.05) is 0 Å². The minimum absolute atomic E-state index is 0.0541. The first-order valence-electron chi connectivity index (χ1n) is 6.72. The lowest BCUT2D eigenvalue weighted by atomic mass is 10.3. The van der Waals surface area contributed by atoms with Crippen molar-refractivity contribution >= 4 is 21.6 Å². The number of carbonyl (C=O) groups is 1. The highest BCUT2D eigenvalue weighted by Crippen LogP contribution is 2.17. The topological polar surface area (TPSA) is 92.5 Å². The summed E-state index contributed by atoms with van der Waals surface area (Å²) in [5, 5.41) is 0. The van der Waals surface area contributed by atoms with Gasteiger partial charge < -0.3 is 10.6 Å². The number of likely N-dealkylation sites (tertiary alicyclic amines) is 1. The minimum atomic E-state index is -3.98. The van der Waals surface area contributed by atoms with Crippen molar-refractivity contribution in [3.05, 3.63) is 24.0 Å². The van der Waals surface area contributed by atoms with Crippen LogP contribution in [0.2, 0.25) is 0 Å². The van der Waals surface area contributed by atoms with Crippen molar-refractivity contribution in [3.8, 4) is 0 Å². The number of amides is 1. The zero-order chi connectivity index (χ0) is 15.5. The maximum Gasteiger partial charge on any atom is 0.243 e. The van der Waals surface area contributed by atoms with Crippen LogP contribution in [0.3, 0.4) is 0 Å². The number of nitrogens with one attached hydrogen (secondary N) is 1. The number of nitrogens with two attached hydrogens (primary N) is 1. The Bertz CT molecular complexity index is 628. The van der Waals surface area contributed by atoms with Gasteiger partial charge in [0.1, 0.15) is 10.7 Å². The first kappa shape index (κ1) is 15.7. The van der Waals surface area contributed by atoms with Crippen LogP contribution in [0, 0.1) is 5.82 Å². The number of sulfonamides is 1. The number of nitrogen functional groups attached to an aromatic ring is 1. The molecule has 116 valence electrons. The van der Waals surface area contributed by atoms with Gasteiger partial charge in [-0.15, -0.1) is 0 Å². The molecule has 0 radical (unpaired) electrons. The first-order chi connectivity index (χ1) is 9.90. The van der Waals surface area contributed by atoms with Gasteiger partial charge in [0.25, 0.3) is 0 Å². The van der Waals surface area contributed by atoms with Crippen LogP contribution in [0.15, 0.2) is 23.1 Å². The van der Waals surface area contributed by atoms with Gasteiger partial charge in [-0.3, -0.25) is 4.79 Å². The van der Waals surface area contributed by atoms with Crippen molar-refractivity contribution in [2.75, 3.05) is 25.4 Å². The van der Waals surface area contributed by atoms with E-state index >= 15 is 0 Å². The molecule has 0 unspecified atom stereocenters. The van der Waals surface area contributed by atoms with E-state index in [-0.39, 0.29) is 24.6 Å². The molecular formula is C13H18FN3O3S. The zero-order valence-corrected chi connectivity index (χ0v) is 12.3. The summed E-state index contributed by atoms with van der Waals surface area (Å²) in [5.41, 5.74) is 5.52. The van der Waals surface area contributed by atoms with E-state index in [9.17, 15) is 17.6 Å². The fourth-order valence-corrected chi connectivity index (χ4v) is 3.32. The van der Waals surface area contributed by atoms with Crippen molar-refractivity contribution in [3.63, 3.8) is 0 Å². The third-order valence-electron chi connectivity index (χ3n) is 3.34. The largest absolute Gasteiger partial charge is 0.399 e. The molecule has 0 aliphatic carbocycles. The lowest BCUT2D eigenvalue weighted by Crippen LogP contribution is -2.33. The third-order valence-corrected chi connectivity index (χ3v) is 4.83. The predicted molar refractivity (Wildman–Crippen MR) is 76.4 cm³/mol. The van der Waals surface area contributed by atoms with E-state index in [0.717, 1.165) is 38.1 Å². The number of nitrogens with zero attached hydrogens (tertiary/aromatic N) is 1. The molecule has 6 nitrogen and oxygen atoms in total. The summed E-state index contributed by atoms with van der Waals surface area (Å²) in [6.45, 7) is 1.39. The molecule has 3 N–H and O–H groups in total. The minimum Gasteiger partial charge on any atom is -0.399 e. The molecular weight excluding hydrogens is 297 g/mol. The summed E-state index contributed by atoms with van der Waals surface area (Å²) in [6, 6.07) is 3.37. The number of rotatable bonds is 5. The van der Waals surface area contributed by atoms with Gasteiger partial charge in [-0.2, -0.15) is 0 Å². The smallest absolute Gasteiger partial charge is 0.243 e. The van der Waals surface area contributed by atoms with E-state index < -0.39 is 20.7 Å². The molecule has 1 heterocycles.